The van der Waals surface area contributed by atoms with Gasteiger partial charge in [-0.25, -0.2) is 0 Å². The molecule has 8 nitrogen and oxygen atoms in total. The first-order valence-electron chi connectivity index (χ1n) is 8.16. The lowest BCUT2D eigenvalue weighted by Gasteiger charge is -2.21. The quantitative estimate of drug-likeness (QED) is 0.650. The normalized spacial score (nSPS) is 10.4. The average molecular weight is 359 g/mol. The number of carbonyl (C=O) groups is 2. The van der Waals surface area contributed by atoms with Gasteiger partial charge in [0.2, 0.25) is 0 Å². The Hall–Kier alpha value is -3.00. The van der Waals surface area contributed by atoms with Crippen LogP contribution in [0.5, 0.6) is 0 Å². The lowest BCUT2D eigenvalue weighted by molar-refractivity contribution is -0.143. The number of nitrogens with zero attached hydrogens (tertiary/aromatic N) is 3. The Labute approximate surface area is 150 Å². The minimum Gasteiger partial charge on any atom is -0.465 e. The summed E-state index contributed by atoms with van der Waals surface area (Å²) in [4.78, 5) is 37.9. The third-order valence-electron chi connectivity index (χ3n) is 3.50. The number of ether oxygens (including phenoxy) is 2. The van der Waals surface area contributed by atoms with E-state index in [1.807, 2.05) is 6.07 Å². The summed E-state index contributed by atoms with van der Waals surface area (Å²) in [5.41, 5.74) is 0.233. The third-order valence-corrected chi connectivity index (χ3v) is 3.50. The molecule has 1 amide bonds. The summed E-state index contributed by atoms with van der Waals surface area (Å²) in [5.74, 6) is -1.01. The molecule has 2 aromatic rings. The smallest absolute Gasteiger partial charge is 0.325 e. The van der Waals surface area contributed by atoms with Gasteiger partial charge in [-0.1, -0.05) is 18.2 Å². The molecule has 0 bridgehead atoms. The van der Waals surface area contributed by atoms with E-state index < -0.39 is 11.9 Å². The molecule has 0 saturated heterocycles. The predicted molar refractivity (Wildman–Crippen MR) is 94.2 cm³/mol. The average Bonchev–Trinajstić information content (AvgIpc) is 2.66. The molecule has 0 aliphatic rings. The van der Waals surface area contributed by atoms with Crippen molar-refractivity contribution in [3.8, 4) is 5.69 Å². The molecule has 1 heterocycles. The highest BCUT2D eigenvalue weighted by atomic mass is 16.5. The van der Waals surface area contributed by atoms with E-state index in [2.05, 4.69) is 5.10 Å². The molecule has 0 atom stereocenters. The van der Waals surface area contributed by atoms with Crippen LogP contribution in [0, 0.1) is 0 Å². The standard InChI is InChI=1S/C18H21N3O5/c1-3-26-17(23)13-20(11-12-25-2)18(24)15-9-10-16(22)21(19-15)14-7-5-4-6-8-14/h4-10H,3,11-13H2,1-2H3. The Bertz CT molecular complexity index is 804. The van der Waals surface area contributed by atoms with Crippen LogP contribution in [-0.4, -0.2) is 60.0 Å². The van der Waals surface area contributed by atoms with Gasteiger partial charge in [0.1, 0.15) is 12.2 Å². The first kappa shape index (κ1) is 19.3. The SMILES string of the molecule is CCOC(=O)CN(CCOC)C(=O)c1ccc(=O)n(-c2ccccc2)n1. The lowest BCUT2D eigenvalue weighted by Crippen LogP contribution is -2.40. The van der Waals surface area contributed by atoms with Crippen molar-refractivity contribution >= 4 is 11.9 Å². The van der Waals surface area contributed by atoms with Crippen molar-refractivity contribution in [3.63, 3.8) is 0 Å². The van der Waals surface area contributed by atoms with Crippen LogP contribution in [0.1, 0.15) is 17.4 Å². The number of rotatable bonds is 8. The lowest BCUT2D eigenvalue weighted by atomic mass is 10.3. The van der Waals surface area contributed by atoms with Gasteiger partial charge in [-0.3, -0.25) is 14.4 Å². The molecule has 0 radical (unpaired) electrons. The molecule has 138 valence electrons. The molecule has 26 heavy (non-hydrogen) atoms. The highest BCUT2D eigenvalue weighted by Gasteiger charge is 2.21. The summed E-state index contributed by atoms with van der Waals surface area (Å²) in [6, 6.07) is 11.4. The summed E-state index contributed by atoms with van der Waals surface area (Å²) >= 11 is 0. The maximum absolute atomic E-state index is 12.8. The fraction of sp³-hybridized carbons (Fsp3) is 0.333. The van der Waals surface area contributed by atoms with Crippen LogP contribution in [0.25, 0.3) is 5.69 Å². The van der Waals surface area contributed by atoms with Gasteiger partial charge in [0.25, 0.3) is 11.5 Å². The Morgan fingerprint density at radius 2 is 1.88 bits per heavy atom. The van der Waals surface area contributed by atoms with Crippen LogP contribution >= 0.6 is 0 Å². The van der Waals surface area contributed by atoms with Crippen LogP contribution in [-0.2, 0) is 14.3 Å². The van der Waals surface area contributed by atoms with E-state index >= 15 is 0 Å². The number of para-hydroxylation sites is 1. The molecule has 2 rings (SSSR count). The van der Waals surface area contributed by atoms with Crippen LogP contribution in [0.4, 0.5) is 0 Å². The summed E-state index contributed by atoms with van der Waals surface area (Å²) in [6.45, 7) is 2.14. The zero-order chi connectivity index (χ0) is 18.9. The Morgan fingerprint density at radius 3 is 2.54 bits per heavy atom. The number of carbonyl (C=O) groups excluding carboxylic acids is 2. The van der Waals surface area contributed by atoms with Gasteiger partial charge in [0.15, 0.2) is 0 Å². The first-order valence-corrected chi connectivity index (χ1v) is 8.16. The maximum atomic E-state index is 12.8. The monoisotopic (exact) mass is 359 g/mol. The van der Waals surface area contributed by atoms with Crippen LogP contribution in [0.15, 0.2) is 47.3 Å². The zero-order valence-electron chi connectivity index (χ0n) is 14.8. The molecule has 0 saturated carbocycles. The first-order chi connectivity index (χ1) is 12.6. The Balaban J connectivity index is 2.30. The summed E-state index contributed by atoms with van der Waals surface area (Å²) in [7, 11) is 1.50. The maximum Gasteiger partial charge on any atom is 0.325 e. The molecular weight excluding hydrogens is 338 g/mol. The van der Waals surface area contributed by atoms with Crippen molar-refractivity contribution in [3.05, 3.63) is 58.5 Å². The van der Waals surface area contributed by atoms with E-state index in [0.29, 0.717) is 5.69 Å². The largest absolute Gasteiger partial charge is 0.465 e. The van der Waals surface area contributed by atoms with Crippen molar-refractivity contribution in [2.75, 3.05) is 33.4 Å². The molecule has 0 unspecified atom stereocenters. The number of aromatic nitrogens is 2. The number of amides is 1. The van der Waals surface area contributed by atoms with Crippen LogP contribution in [0.2, 0.25) is 0 Å². The van der Waals surface area contributed by atoms with Crippen molar-refractivity contribution in [1.82, 2.24) is 14.7 Å². The van der Waals surface area contributed by atoms with E-state index in [1.54, 1.807) is 31.2 Å². The van der Waals surface area contributed by atoms with E-state index in [9.17, 15) is 14.4 Å². The minimum absolute atomic E-state index is 0.0499. The fourth-order valence-electron chi connectivity index (χ4n) is 2.26. The van der Waals surface area contributed by atoms with Crippen molar-refractivity contribution in [2.45, 2.75) is 6.92 Å². The number of hydrogen-bond acceptors (Lipinski definition) is 6. The van der Waals surface area contributed by atoms with Crippen molar-refractivity contribution in [1.29, 1.82) is 0 Å². The Morgan fingerprint density at radius 1 is 1.15 bits per heavy atom. The van der Waals surface area contributed by atoms with Gasteiger partial charge in [-0.15, -0.1) is 0 Å². The highest BCUT2D eigenvalue weighted by Crippen LogP contribution is 2.05. The zero-order valence-corrected chi connectivity index (χ0v) is 14.8. The molecule has 1 aromatic carbocycles. The highest BCUT2D eigenvalue weighted by molar-refractivity contribution is 5.94. The summed E-state index contributed by atoms with van der Waals surface area (Å²) in [5, 5.41) is 4.14. The van der Waals surface area contributed by atoms with E-state index in [-0.39, 0.29) is 37.6 Å². The van der Waals surface area contributed by atoms with Crippen molar-refractivity contribution < 1.29 is 19.1 Å². The topological polar surface area (TPSA) is 90.7 Å². The molecule has 0 spiro atoms. The third kappa shape index (κ3) is 5.00. The molecule has 0 N–H and O–H groups in total. The van der Waals surface area contributed by atoms with Gasteiger partial charge in [-0.2, -0.15) is 9.78 Å². The van der Waals surface area contributed by atoms with E-state index in [1.165, 1.54) is 24.1 Å². The van der Waals surface area contributed by atoms with Crippen molar-refractivity contribution in [2.24, 2.45) is 0 Å². The molecule has 1 aromatic heterocycles. The number of hydrogen-bond donors (Lipinski definition) is 0. The number of methoxy groups -OCH3 is 1. The van der Waals surface area contributed by atoms with Gasteiger partial charge >= 0.3 is 5.97 Å². The second-order valence-corrected chi connectivity index (χ2v) is 5.33. The second-order valence-electron chi connectivity index (χ2n) is 5.33. The molecule has 0 fully saturated rings. The number of benzene rings is 1. The van der Waals surface area contributed by atoms with Gasteiger partial charge in [0.05, 0.1) is 18.9 Å². The van der Waals surface area contributed by atoms with Gasteiger partial charge in [0, 0.05) is 19.7 Å². The van der Waals surface area contributed by atoms with Crippen LogP contribution < -0.4 is 5.56 Å². The molecule has 0 aliphatic heterocycles. The molecule has 0 aliphatic carbocycles. The van der Waals surface area contributed by atoms with E-state index in [4.69, 9.17) is 9.47 Å². The summed E-state index contributed by atoms with van der Waals surface area (Å²) < 4.78 is 11.0. The summed E-state index contributed by atoms with van der Waals surface area (Å²) in [6.07, 6.45) is 0. The second kappa shape index (κ2) is 9.47. The molecule has 8 heteroatoms. The van der Waals surface area contributed by atoms with Crippen LogP contribution in [0.3, 0.4) is 0 Å². The van der Waals surface area contributed by atoms with Gasteiger partial charge in [-0.05, 0) is 25.1 Å². The number of esters is 1. The fourth-order valence-corrected chi connectivity index (χ4v) is 2.26. The minimum atomic E-state index is -0.520. The molecular formula is C18H21N3O5. The Kier molecular flexibility index (Phi) is 7.04. The van der Waals surface area contributed by atoms with Gasteiger partial charge < -0.3 is 14.4 Å². The predicted octanol–water partition coefficient (Wildman–Crippen LogP) is 0.884. The van der Waals surface area contributed by atoms with E-state index in [0.717, 1.165) is 4.68 Å².